The number of fused-ring (bicyclic) bond motifs is 13. The van der Waals surface area contributed by atoms with Crippen LogP contribution in [0.15, 0.2) is 158 Å². The van der Waals surface area contributed by atoms with E-state index < -0.39 is 0 Å². The van der Waals surface area contributed by atoms with Crippen molar-refractivity contribution in [3.8, 4) is 28.3 Å². The molecule has 0 unspecified atom stereocenters. The lowest BCUT2D eigenvalue weighted by atomic mass is 10.0. The summed E-state index contributed by atoms with van der Waals surface area (Å²) in [5.74, 6) is 0.745. The van der Waals surface area contributed by atoms with Crippen molar-refractivity contribution in [3.05, 3.63) is 158 Å². The van der Waals surface area contributed by atoms with Crippen LogP contribution in [0, 0.1) is 0 Å². The molecule has 12 aromatic rings. The Kier molecular flexibility index (Phi) is 5.35. The summed E-state index contributed by atoms with van der Waals surface area (Å²) < 4.78 is 7.27. The van der Waals surface area contributed by atoms with Gasteiger partial charge in [-0.15, -0.1) is 11.3 Å². The molecule has 236 valence electrons. The molecule has 0 radical (unpaired) electrons. The summed E-state index contributed by atoms with van der Waals surface area (Å²) in [5.41, 5.74) is 11.4. The maximum absolute atomic E-state index is 5.23. The molecule has 0 aliphatic heterocycles. The highest BCUT2D eigenvalue weighted by Gasteiger charge is 2.24. The molecule has 0 N–H and O–H groups in total. The third-order valence-corrected chi connectivity index (χ3v) is 11.8. The molecule has 0 saturated heterocycles. The van der Waals surface area contributed by atoms with Gasteiger partial charge in [-0.05, 0) is 42.5 Å². The first-order valence-corrected chi connectivity index (χ1v) is 18.1. The van der Waals surface area contributed by atoms with Gasteiger partial charge in [-0.1, -0.05) is 115 Å². The first-order chi connectivity index (χ1) is 25.3. The minimum absolute atomic E-state index is 0.745. The van der Waals surface area contributed by atoms with E-state index in [0.717, 1.165) is 38.5 Å². The Balaban J connectivity index is 1.14. The van der Waals surface area contributed by atoms with Gasteiger partial charge in [-0.2, -0.15) is 0 Å². The predicted molar refractivity (Wildman–Crippen MR) is 215 cm³/mol. The maximum Gasteiger partial charge on any atom is 0.160 e. The Hall–Kier alpha value is -6.56. The van der Waals surface area contributed by atoms with E-state index in [9.17, 15) is 0 Å². The molecule has 5 aromatic heterocycles. The molecule has 4 nitrogen and oxygen atoms in total. The Labute approximate surface area is 295 Å². The average Bonchev–Trinajstić information content (AvgIpc) is 3.93. The number of hydrogen-bond donors (Lipinski definition) is 0. The molecule has 5 heteroatoms. The molecule has 0 saturated carbocycles. The van der Waals surface area contributed by atoms with Crippen LogP contribution in [-0.2, 0) is 0 Å². The van der Waals surface area contributed by atoms with Gasteiger partial charge in [0.15, 0.2) is 5.82 Å². The molecule has 0 bridgehead atoms. The number of rotatable bonds is 3. The van der Waals surface area contributed by atoms with Crippen molar-refractivity contribution in [1.82, 2.24) is 18.9 Å². The average molecular weight is 667 g/mol. The van der Waals surface area contributed by atoms with E-state index in [1.54, 1.807) is 11.3 Å². The van der Waals surface area contributed by atoms with Gasteiger partial charge in [-0.3, -0.25) is 0 Å². The summed E-state index contributed by atoms with van der Waals surface area (Å²) in [7, 11) is 0. The summed E-state index contributed by atoms with van der Waals surface area (Å²) in [6, 6.07) is 56.8. The second kappa shape index (κ2) is 10.0. The molecular weight excluding hydrogens is 641 g/mol. The Morgan fingerprint density at radius 3 is 1.84 bits per heavy atom. The van der Waals surface area contributed by atoms with Crippen LogP contribution in [0.4, 0.5) is 0 Å². The van der Waals surface area contributed by atoms with Crippen LogP contribution in [0.1, 0.15) is 0 Å². The van der Waals surface area contributed by atoms with Gasteiger partial charge >= 0.3 is 0 Å². The minimum atomic E-state index is 0.745. The normalized spacial score (nSPS) is 12.3. The van der Waals surface area contributed by atoms with Gasteiger partial charge in [0.05, 0.1) is 43.5 Å². The zero-order valence-electron chi connectivity index (χ0n) is 27.2. The van der Waals surface area contributed by atoms with Crippen LogP contribution in [0.3, 0.4) is 0 Å². The van der Waals surface area contributed by atoms with Crippen molar-refractivity contribution in [2.75, 3.05) is 0 Å². The van der Waals surface area contributed by atoms with Crippen molar-refractivity contribution in [1.29, 1.82) is 0 Å². The number of nitrogens with zero attached hydrogens (tertiary/aromatic N) is 4. The number of benzene rings is 7. The predicted octanol–water partition coefficient (Wildman–Crippen LogP) is 12.4. The zero-order chi connectivity index (χ0) is 33.2. The van der Waals surface area contributed by atoms with Gasteiger partial charge in [0, 0.05) is 59.2 Å². The van der Waals surface area contributed by atoms with Crippen LogP contribution >= 0.6 is 11.3 Å². The molecule has 0 aliphatic rings. The summed E-state index contributed by atoms with van der Waals surface area (Å²) in [6.45, 7) is 0. The molecule has 7 aromatic carbocycles. The molecule has 0 atom stereocenters. The van der Waals surface area contributed by atoms with Crippen molar-refractivity contribution < 1.29 is 0 Å². The lowest BCUT2D eigenvalue weighted by Crippen LogP contribution is -1.96. The Morgan fingerprint density at radius 1 is 0.451 bits per heavy atom. The van der Waals surface area contributed by atoms with Crippen LogP contribution in [0.25, 0.3) is 109 Å². The highest BCUT2D eigenvalue weighted by Crippen LogP contribution is 2.46. The highest BCUT2D eigenvalue weighted by atomic mass is 32.1. The molecular formula is C46H26N4S. The lowest BCUT2D eigenvalue weighted by Gasteiger charge is -2.11. The van der Waals surface area contributed by atoms with Crippen molar-refractivity contribution >= 4 is 91.5 Å². The first-order valence-electron chi connectivity index (χ1n) is 17.3. The van der Waals surface area contributed by atoms with Crippen LogP contribution < -0.4 is 0 Å². The second-order valence-corrected chi connectivity index (χ2v) is 14.4. The van der Waals surface area contributed by atoms with Crippen molar-refractivity contribution in [2.24, 2.45) is 0 Å². The molecule has 0 spiro atoms. The molecule has 0 fully saturated rings. The van der Waals surface area contributed by atoms with Gasteiger partial charge in [0.2, 0.25) is 0 Å². The number of thiophene rings is 1. The van der Waals surface area contributed by atoms with E-state index in [1.807, 2.05) is 18.2 Å². The fourth-order valence-corrected chi connectivity index (χ4v) is 9.65. The van der Waals surface area contributed by atoms with E-state index in [4.69, 9.17) is 9.97 Å². The Morgan fingerprint density at radius 2 is 1.06 bits per heavy atom. The monoisotopic (exact) mass is 666 g/mol. The van der Waals surface area contributed by atoms with Gasteiger partial charge in [-0.25, -0.2) is 9.97 Å². The number of hydrogen-bond acceptors (Lipinski definition) is 3. The number of para-hydroxylation sites is 3. The largest absolute Gasteiger partial charge is 0.309 e. The van der Waals surface area contributed by atoms with E-state index >= 15 is 0 Å². The topological polar surface area (TPSA) is 35.1 Å². The quantitative estimate of drug-likeness (QED) is 0.188. The SMILES string of the molecule is c1ccc(-c2nc(-c3ccc(-n4c5ccccc5c5cc6c7ccccc7n7c8ccccc8c(c54)c67)cc3)c3sc4ccccc4c3n2)cc1. The van der Waals surface area contributed by atoms with E-state index in [2.05, 4.69) is 148 Å². The standard InChI is InChI=1S/C46H26N4S/c1-2-12-28(13-3-1)46-47-41(45-42(48-46)33-17-7-11-21-39(33)51-45)27-22-24-29(25-23-27)49-36-18-8-4-14-30(36)34-26-35-31-15-5-9-19-37(31)50-38-20-10-6-16-32(38)40(43(34)49)44(35)50/h1-26H. The summed E-state index contributed by atoms with van der Waals surface area (Å²) in [4.78, 5) is 10.4. The van der Waals surface area contributed by atoms with Gasteiger partial charge in [0.25, 0.3) is 0 Å². The second-order valence-electron chi connectivity index (χ2n) is 13.4. The molecule has 51 heavy (non-hydrogen) atoms. The van der Waals surface area contributed by atoms with Gasteiger partial charge < -0.3 is 8.97 Å². The van der Waals surface area contributed by atoms with Gasteiger partial charge in [0.1, 0.15) is 0 Å². The third-order valence-electron chi connectivity index (χ3n) is 10.7. The molecule has 12 rings (SSSR count). The van der Waals surface area contributed by atoms with Crippen molar-refractivity contribution in [3.63, 3.8) is 0 Å². The first kappa shape index (κ1) is 27.3. The fraction of sp³-hybridized carbons (Fsp3) is 0. The lowest BCUT2D eigenvalue weighted by molar-refractivity contribution is 1.18. The molecule has 0 aliphatic carbocycles. The fourth-order valence-electron chi connectivity index (χ4n) is 8.50. The van der Waals surface area contributed by atoms with Crippen molar-refractivity contribution in [2.45, 2.75) is 0 Å². The third kappa shape index (κ3) is 3.63. The smallest absolute Gasteiger partial charge is 0.160 e. The van der Waals surface area contributed by atoms with Crippen LogP contribution in [0.2, 0.25) is 0 Å². The number of aromatic nitrogens is 4. The highest BCUT2D eigenvalue weighted by molar-refractivity contribution is 7.26. The molecule has 5 heterocycles. The van der Waals surface area contributed by atoms with Crippen LogP contribution in [0.5, 0.6) is 0 Å². The van der Waals surface area contributed by atoms with Crippen LogP contribution in [-0.4, -0.2) is 18.9 Å². The zero-order valence-corrected chi connectivity index (χ0v) is 28.0. The van der Waals surface area contributed by atoms with E-state index in [1.165, 1.54) is 70.0 Å². The summed E-state index contributed by atoms with van der Waals surface area (Å²) >= 11 is 1.77. The maximum atomic E-state index is 5.23. The Bertz CT molecular complexity index is 3350. The summed E-state index contributed by atoms with van der Waals surface area (Å²) in [5, 5.41) is 8.85. The minimum Gasteiger partial charge on any atom is -0.309 e. The van der Waals surface area contributed by atoms with E-state index in [-0.39, 0.29) is 0 Å². The van der Waals surface area contributed by atoms with E-state index in [0.29, 0.717) is 0 Å². The summed E-state index contributed by atoms with van der Waals surface area (Å²) in [6.07, 6.45) is 0. The molecule has 0 amide bonds.